The smallest absolute Gasteiger partial charge is 0.119 e. The van der Waals surface area contributed by atoms with Gasteiger partial charge < -0.3 is 14.6 Å². The molecule has 2 unspecified atom stereocenters. The Morgan fingerprint density at radius 3 is 2.16 bits per heavy atom. The second-order valence-electron chi connectivity index (χ2n) is 6.03. The molecule has 0 amide bonds. The Bertz CT molecular complexity index is 460. The molecule has 0 spiro atoms. The van der Waals surface area contributed by atoms with E-state index >= 15 is 0 Å². The van der Waals surface area contributed by atoms with Crippen molar-refractivity contribution in [3.05, 3.63) is 28.8 Å². The van der Waals surface area contributed by atoms with Crippen LogP contribution in [-0.4, -0.2) is 24.4 Å². The van der Waals surface area contributed by atoms with Crippen molar-refractivity contribution in [2.45, 2.75) is 57.3 Å². The molecule has 2 heterocycles. The number of fused-ring (bicyclic) bond motifs is 2. The zero-order valence-corrected chi connectivity index (χ0v) is 11.9. The van der Waals surface area contributed by atoms with Gasteiger partial charge in [-0.3, -0.25) is 0 Å². The van der Waals surface area contributed by atoms with E-state index in [9.17, 15) is 5.11 Å². The van der Waals surface area contributed by atoms with Gasteiger partial charge in [-0.15, -0.1) is 0 Å². The van der Waals surface area contributed by atoms with Gasteiger partial charge in [-0.05, 0) is 55.5 Å². The number of ether oxygens (including phenoxy) is 2. The third-order valence-corrected chi connectivity index (χ3v) is 4.53. The molecule has 0 aliphatic carbocycles. The maximum absolute atomic E-state index is 11.1. The Labute approximate surface area is 114 Å². The highest BCUT2D eigenvalue weighted by Gasteiger charge is 2.45. The number of aliphatic hydroxyl groups is 1. The number of hydrogen-bond acceptors (Lipinski definition) is 3. The largest absolute Gasteiger partial charge is 0.497 e. The molecule has 19 heavy (non-hydrogen) atoms. The summed E-state index contributed by atoms with van der Waals surface area (Å²) >= 11 is 0. The fraction of sp³-hybridized carbons (Fsp3) is 0.625. The number of rotatable bonds is 2. The van der Waals surface area contributed by atoms with Gasteiger partial charge in [-0.25, -0.2) is 0 Å². The minimum atomic E-state index is -0.732. The van der Waals surface area contributed by atoms with Gasteiger partial charge in [0, 0.05) is 12.8 Å². The molecule has 104 valence electrons. The predicted octanol–water partition coefficient (Wildman–Crippen LogP) is 2.84. The van der Waals surface area contributed by atoms with Gasteiger partial charge in [0.05, 0.1) is 24.9 Å². The van der Waals surface area contributed by atoms with Gasteiger partial charge in [-0.1, -0.05) is 0 Å². The molecule has 2 aliphatic heterocycles. The van der Waals surface area contributed by atoms with Crippen molar-refractivity contribution in [3.8, 4) is 5.75 Å². The van der Waals surface area contributed by atoms with E-state index < -0.39 is 5.60 Å². The lowest BCUT2D eigenvalue weighted by molar-refractivity contribution is -0.116. The van der Waals surface area contributed by atoms with Crippen LogP contribution in [0.3, 0.4) is 0 Å². The molecule has 3 heteroatoms. The van der Waals surface area contributed by atoms with Crippen LogP contribution in [0.2, 0.25) is 0 Å². The molecule has 2 bridgehead atoms. The normalized spacial score (nSPS) is 33.5. The van der Waals surface area contributed by atoms with Crippen LogP contribution in [-0.2, 0) is 10.3 Å². The Morgan fingerprint density at radius 2 is 1.68 bits per heavy atom. The lowest BCUT2D eigenvalue weighted by Crippen LogP contribution is -2.39. The van der Waals surface area contributed by atoms with Crippen LogP contribution in [0.15, 0.2) is 12.1 Å². The molecule has 2 aliphatic rings. The summed E-state index contributed by atoms with van der Waals surface area (Å²) in [7, 11) is 1.68. The first kappa shape index (κ1) is 12.9. The SMILES string of the molecule is COc1cc(C)c(C2(O)CC3CCC(C2)O3)c(C)c1. The maximum Gasteiger partial charge on any atom is 0.119 e. The highest BCUT2D eigenvalue weighted by Crippen LogP contribution is 2.46. The second-order valence-corrected chi connectivity index (χ2v) is 6.03. The van der Waals surface area contributed by atoms with Crippen molar-refractivity contribution < 1.29 is 14.6 Å². The van der Waals surface area contributed by atoms with E-state index in [1.54, 1.807) is 7.11 Å². The van der Waals surface area contributed by atoms with Crippen molar-refractivity contribution in [1.82, 2.24) is 0 Å². The Hall–Kier alpha value is -1.06. The van der Waals surface area contributed by atoms with E-state index in [1.807, 2.05) is 12.1 Å². The first-order valence-electron chi connectivity index (χ1n) is 7.05. The minimum Gasteiger partial charge on any atom is -0.497 e. The molecule has 1 aromatic carbocycles. The molecule has 0 saturated carbocycles. The van der Waals surface area contributed by atoms with Crippen LogP contribution in [0, 0.1) is 13.8 Å². The molecule has 2 fully saturated rings. The fourth-order valence-electron chi connectivity index (χ4n) is 3.90. The van der Waals surface area contributed by atoms with E-state index in [4.69, 9.17) is 9.47 Å². The van der Waals surface area contributed by atoms with E-state index in [0.29, 0.717) is 0 Å². The lowest BCUT2D eigenvalue weighted by atomic mass is 9.79. The van der Waals surface area contributed by atoms with E-state index in [1.165, 1.54) is 0 Å². The highest BCUT2D eigenvalue weighted by molar-refractivity contribution is 5.44. The van der Waals surface area contributed by atoms with Crippen LogP contribution >= 0.6 is 0 Å². The monoisotopic (exact) mass is 262 g/mol. The number of aryl methyl sites for hydroxylation is 2. The van der Waals surface area contributed by atoms with Gasteiger partial charge in [-0.2, -0.15) is 0 Å². The summed E-state index contributed by atoms with van der Waals surface area (Å²) in [6.07, 6.45) is 4.06. The molecule has 0 radical (unpaired) electrons. The molecule has 1 aromatic rings. The summed E-state index contributed by atoms with van der Waals surface area (Å²) < 4.78 is 11.2. The van der Waals surface area contributed by atoms with Gasteiger partial charge in [0.1, 0.15) is 5.75 Å². The van der Waals surface area contributed by atoms with Crippen molar-refractivity contribution in [2.24, 2.45) is 0 Å². The molecule has 3 rings (SSSR count). The van der Waals surface area contributed by atoms with E-state index in [2.05, 4.69) is 13.8 Å². The third kappa shape index (κ3) is 2.15. The van der Waals surface area contributed by atoms with Crippen molar-refractivity contribution in [1.29, 1.82) is 0 Å². The van der Waals surface area contributed by atoms with Crippen molar-refractivity contribution in [3.63, 3.8) is 0 Å². The van der Waals surface area contributed by atoms with Crippen LogP contribution in [0.25, 0.3) is 0 Å². The lowest BCUT2D eigenvalue weighted by Gasteiger charge is -2.38. The molecule has 3 nitrogen and oxygen atoms in total. The molecule has 2 saturated heterocycles. The number of hydrogen-bond donors (Lipinski definition) is 1. The highest BCUT2D eigenvalue weighted by atomic mass is 16.5. The summed E-state index contributed by atoms with van der Waals surface area (Å²) in [6.45, 7) is 4.11. The zero-order valence-electron chi connectivity index (χ0n) is 11.9. The molecule has 2 atom stereocenters. The Kier molecular flexibility index (Phi) is 3.06. The van der Waals surface area contributed by atoms with Gasteiger partial charge in [0.15, 0.2) is 0 Å². The number of methoxy groups -OCH3 is 1. The quantitative estimate of drug-likeness (QED) is 0.890. The fourth-order valence-corrected chi connectivity index (χ4v) is 3.90. The van der Waals surface area contributed by atoms with Crippen molar-refractivity contribution in [2.75, 3.05) is 7.11 Å². The molecule has 1 N–H and O–H groups in total. The van der Waals surface area contributed by atoms with Crippen LogP contribution in [0.1, 0.15) is 42.4 Å². The average Bonchev–Trinajstić information content (AvgIpc) is 2.68. The zero-order chi connectivity index (χ0) is 13.6. The molecule has 0 aromatic heterocycles. The van der Waals surface area contributed by atoms with Gasteiger partial charge in [0.25, 0.3) is 0 Å². The third-order valence-electron chi connectivity index (χ3n) is 4.53. The summed E-state index contributed by atoms with van der Waals surface area (Å²) in [5.41, 5.74) is 2.57. The Morgan fingerprint density at radius 1 is 1.16 bits per heavy atom. The first-order valence-corrected chi connectivity index (χ1v) is 7.05. The van der Waals surface area contributed by atoms with Crippen LogP contribution in [0.4, 0.5) is 0 Å². The van der Waals surface area contributed by atoms with E-state index in [0.717, 1.165) is 48.1 Å². The number of benzene rings is 1. The van der Waals surface area contributed by atoms with Crippen LogP contribution < -0.4 is 4.74 Å². The van der Waals surface area contributed by atoms with Crippen LogP contribution in [0.5, 0.6) is 5.75 Å². The minimum absolute atomic E-state index is 0.227. The molecular formula is C16H22O3. The van der Waals surface area contributed by atoms with E-state index in [-0.39, 0.29) is 12.2 Å². The standard InChI is InChI=1S/C16H22O3/c1-10-6-14(18-3)7-11(2)15(10)16(17)8-12-4-5-13(9-16)19-12/h6-7,12-13,17H,4-5,8-9H2,1-3H3. The van der Waals surface area contributed by atoms with Crippen molar-refractivity contribution >= 4 is 0 Å². The first-order chi connectivity index (χ1) is 9.01. The second kappa shape index (κ2) is 4.50. The van der Waals surface area contributed by atoms with Gasteiger partial charge >= 0.3 is 0 Å². The summed E-state index contributed by atoms with van der Waals surface area (Å²) in [6, 6.07) is 4.02. The van der Waals surface area contributed by atoms with Gasteiger partial charge in [0.2, 0.25) is 0 Å². The Balaban J connectivity index is 2.01. The predicted molar refractivity (Wildman–Crippen MR) is 73.5 cm³/mol. The topological polar surface area (TPSA) is 38.7 Å². The average molecular weight is 262 g/mol. The summed E-state index contributed by atoms with van der Waals surface area (Å²) in [5.74, 6) is 0.859. The molecular weight excluding hydrogens is 240 g/mol. The summed E-state index contributed by atoms with van der Waals surface area (Å²) in [4.78, 5) is 0. The summed E-state index contributed by atoms with van der Waals surface area (Å²) in [5, 5.41) is 11.1. The maximum atomic E-state index is 11.1.